The van der Waals surface area contributed by atoms with Gasteiger partial charge >= 0.3 is 12.0 Å². The monoisotopic (exact) mass is 280 g/mol. The molecule has 1 saturated heterocycles. The van der Waals surface area contributed by atoms with Gasteiger partial charge in [-0.15, -0.1) is 0 Å². The van der Waals surface area contributed by atoms with Crippen molar-refractivity contribution in [2.75, 3.05) is 13.1 Å². The Bertz CT molecular complexity index is 540. The summed E-state index contributed by atoms with van der Waals surface area (Å²) >= 11 is 0. The molecule has 1 fully saturated rings. The lowest BCUT2D eigenvalue weighted by atomic mass is 9.90. The van der Waals surface area contributed by atoms with Crippen molar-refractivity contribution >= 4 is 12.0 Å². The molecule has 1 unspecified atom stereocenters. The average molecular weight is 280 g/mol. The molecule has 1 aromatic rings. The first-order valence-electron chi connectivity index (χ1n) is 6.57. The number of carboxylic acids is 1. The summed E-state index contributed by atoms with van der Waals surface area (Å²) in [7, 11) is 1.85. The number of likely N-dealkylation sites (tertiary alicyclic amines) is 1. The number of rotatable bonds is 3. The van der Waals surface area contributed by atoms with E-state index in [1.807, 2.05) is 14.0 Å². The largest absolute Gasteiger partial charge is 0.481 e. The molecule has 20 heavy (non-hydrogen) atoms. The molecule has 0 spiro atoms. The molecule has 1 aromatic heterocycles. The van der Waals surface area contributed by atoms with Gasteiger partial charge in [0.2, 0.25) is 0 Å². The number of hydrogen-bond acceptors (Lipinski definition) is 3. The third-order valence-corrected chi connectivity index (χ3v) is 4.04. The maximum Gasteiger partial charge on any atom is 0.317 e. The lowest BCUT2D eigenvalue weighted by Gasteiger charge is -2.20. The van der Waals surface area contributed by atoms with Gasteiger partial charge in [0, 0.05) is 37.9 Å². The highest BCUT2D eigenvalue weighted by Crippen LogP contribution is 2.29. The summed E-state index contributed by atoms with van der Waals surface area (Å²) in [6.07, 6.45) is 2.21. The van der Waals surface area contributed by atoms with Gasteiger partial charge in [-0.2, -0.15) is 5.10 Å². The molecule has 1 atom stereocenters. The molecule has 0 aliphatic carbocycles. The second-order valence-electron chi connectivity index (χ2n) is 5.57. The van der Waals surface area contributed by atoms with Crippen LogP contribution in [-0.4, -0.2) is 44.9 Å². The molecule has 0 saturated carbocycles. The second kappa shape index (κ2) is 5.15. The van der Waals surface area contributed by atoms with Gasteiger partial charge in [-0.05, 0) is 20.3 Å². The van der Waals surface area contributed by atoms with Gasteiger partial charge in [0.05, 0.1) is 11.6 Å². The van der Waals surface area contributed by atoms with Gasteiger partial charge in [0.25, 0.3) is 0 Å². The highest BCUT2D eigenvalue weighted by Gasteiger charge is 2.42. The van der Waals surface area contributed by atoms with E-state index in [0.717, 1.165) is 11.3 Å². The molecule has 0 aromatic carbocycles. The van der Waals surface area contributed by atoms with Crippen molar-refractivity contribution < 1.29 is 14.7 Å². The third-order valence-electron chi connectivity index (χ3n) is 4.04. The molecule has 0 radical (unpaired) electrons. The minimum Gasteiger partial charge on any atom is -0.481 e. The van der Waals surface area contributed by atoms with Crippen LogP contribution in [-0.2, 0) is 18.4 Å². The van der Waals surface area contributed by atoms with Crippen molar-refractivity contribution in [3.8, 4) is 0 Å². The molecule has 1 aliphatic heterocycles. The maximum absolute atomic E-state index is 12.0. The number of amides is 2. The first-order chi connectivity index (χ1) is 9.33. The Morgan fingerprint density at radius 1 is 1.55 bits per heavy atom. The molecular weight excluding hydrogens is 260 g/mol. The van der Waals surface area contributed by atoms with Gasteiger partial charge < -0.3 is 15.3 Å². The third kappa shape index (κ3) is 2.61. The van der Waals surface area contributed by atoms with Crippen LogP contribution in [0.25, 0.3) is 0 Å². The van der Waals surface area contributed by atoms with E-state index in [1.54, 1.807) is 22.7 Å². The van der Waals surface area contributed by atoms with Crippen LogP contribution in [0.3, 0.4) is 0 Å². The molecule has 2 amide bonds. The number of carboxylic acid groups (broad SMARTS) is 1. The van der Waals surface area contributed by atoms with Crippen molar-refractivity contribution in [3.63, 3.8) is 0 Å². The Labute approximate surface area is 117 Å². The fraction of sp³-hybridized carbons (Fsp3) is 0.615. The van der Waals surface area contributed by atoms with E-state index >= 15 is 0 Å². The number of urea groups is 1. The van der Waals surface area contributed by atoms with Gasteiger partial charge in [0.1, 0.15) is 0 Å². The zero-order valence-electron chi connectivity index (χ0n) is 12.0. The van der Waals surface area contributed by atoms with E-state index < -0.39 is 11.4 Å². The average Bonchev–Trinajstić information content (AvgIpc) is 2.94. The standard InChI is InChI=1S/C13H20N4O3/c1-9-10(7-15-16(9)3)6-14-12(20)17-5-4-13(2,8-17)11(18)19/h7H,4-6,8H2,1-3H3,(H,14,20)(H,18,19). The molecule has 2 heterocycles. The summed E-state index contributed by atoms with van der Waals surface area (Å²) in [5.74, 6) is -0.851. The topological polar surface area (TPSA) is 87.5 Å². The molecule has 2 rings (SSSR count). The van der Waals surface area contributed by atoms with Crippen LogP contribution >= 0.6 is 0 Å². The summed E-state index contributed by atoms with van der Waals surface area (Å²) in [6, 6.07) is -0.224. The number of carbonyl (C=O) groups excluding carboxylic acids is 1. The Balaban J connectivity index is 1.91. The Morgan fingerprint density at radius 3 is 2.75 bits per heavy atom. The SMILES string of the molecule is Cc1c(CNC(=O)N2CCC(C)(C(=O)O)C2)cnn1C. The predicted molar refractivity (Wildman–Crippen MR) is 72.1 cm³/mol. The zero-order valence-corrected chi connectivity index (χ0v) is 12.0. The van der Waals surface area contributed by atoms with Crippen LogP contribution in [0.15, 0.2) is 6.20 Å². The predicted octanol–water partition coefficient (Wildman–Crippen LogP) is 0.735. The quantitative estimate of drug-likeness (QED) is 0.854. The zero-order chi connectivity index (χ0) is 14.9. The minimum absolute atomic E-state index is 0.224. The van der Waals surface area contributed by atoms with Crippen LogP contribution in [0.2, 0.25) is 0 Å². The van der Waals surface area contributed by atoms with Crippen LogP contribution in [0.5, 0.6) is 0 Å². The van der Waals surface area contributed by atoms with Crippen molar-refractivity contribution in [2.24, 2.45) is 12.5 Å². The summed E-state index contributed by atoms with van der Waals surface area (Å²) in [5, 5.41) is 16.1. The fourth-order valence-corrected chi connectivity index (χ4v) is 2.31. The first kappa shape index (κ1) is 14.4. The van der Waals surface area contributed by atoms with E-state index in [9.17, 15) is 9.59 Å². The van der Waals surface area contributed by atoms with E-state index in [0.29, 0.717) is 19.5 Å². The Hall–Kier alpha value is -2.05. The summed E-state index contributed by atoms with van der Waals surface area (Å²) in [5.41, 5.74) is 1.13. The van der Waals surface area contributed by atoms with Gasteiger partial charge in [-0.3, -0.25) is 9.48 Å². The molecule has 0 bridgehead atoms. The number of aryl methyl sites for hydroxylation is 1. The molecule has 1 aliphatic rings. The molecule has 2 N–H and O–H groups in total. The smallest absolute Gasteiger partial charge is 0.317 e. The minimum atomic E-state index is -0.851. The van der Waals surface area contributed by atoms with Crippen LogP contribution in [0.1, 0.15) is 24.6 Å². The number of nitrogens with zero attached hydrogens (tertiary/aromatic N) is 3. The van der Waals surface area contributed by atoms with Crippen molar-refractivity contribution in [1.82, 2.24) is 20.0 Å². The molecule has 110 valence electrons. The highest BCUT2D eigenvalue weighted by atomic mass is 16.4. The summed E-state index contributed by atoms with van der Waals surface area (Å²) < 4.78 is 1.75. The lowest BCUT2D eigenvalue weighted by molar-refractivity contribution is -0.146. The van der Waals surface area contributed by atoms with Crippen LogP contribution < -0.4 is 5.32 Å². The van der Waals surface area contributed by atoms with E-state index in [2.05, 4.69) is 10.4 Å². The van der Waals surface area contributed by atoms with Crippen molar-refractivity contribution in [3.05, 3.63) is 17.5 Å². The molecular formula is C13H20N4O3. The number of aliphatic carboxylic acids is 1. The Morgan fingerprint density at radius 2 is 2.25 bits per heavy atom. The summed E-state index contributed by atoms with van der Waals surface area (Å²) in [4.78, 5) is 24.7. The van der Waals surface area contributed by atoms with Gasteiger partial charge in [-0.25, -0.2) is 4.79 Å². The van der Waals surface area contributed by atoms with Gasteiger partial charge in [0.15, 0.2) is 0 Å². The lowest BCUT2D eigenvalue weighted by Crippen LogP contribution is -2.40. The van der Waals surface area contributed by atoms with Gasteiger partial charge in [-0.1, -0.05) is 0 Å². The number of aromatic nitrogens is 2. The molecule has 7 nitrogen and oxygen atoms in total. The Kier molecular flexibility index (Phi) is 3.69. The molecule has 7 heteroatoms. The normalized spacial score (nSPS) is 22.1. The maximum atomic E-state index is 12.0. The number of nitrogens with one attached hydrogen (secondary N) is 1. The number of hydrogen-bond donors (Lipinski definition) is 2. The van der Waals surface area contributed by atoms with Crippen molar-refractivity contribution in [2.45, 2.75) is 26.8 Å². The number of carbonyl (C=O) groups is 2. The van der Waals surface area contributed by atoms with E-state index in [1.165, 1.54) is 0 Å². The second-order valence-corrected chi connectivity index (χ2v) is 5.57. The van der Waals surface area contributed by atoms with Crippen LogP contribution in [0.4, 0.5) is 4.79 Å². The fourth-order valence-electron chi connectivity index (χ4n) is 2.31. The van der Waals surface area contributed by atoms with E-state index in [4.69, 9.17) is 5.11 Å². The highest BCUT2D eigenvalue weighted by molar-refractivity contribution is 5.79. The van der Waals surface area contributed by atoms with Crippen molar-refractivity contribution in [1.29, 1.82) is 0 Å². The first-order valence-corrected chi connectivity index (χ1v) is 6.57. The van der Waals surface area contributed by atoms with E-state index in [-0.39, 0.29) is 12.6 Å². The summed E-state index contributed by atoms with van der Waals surface area (Å²) in [6.45, 7) is 4.74. The van der Waals surface area contributed by atoms with Crippen LogP contribution in [0, 0.1) is 12.3 Å².